The first kappa shape index (κ1) is 50.9. The van der Waals surface area contributed by atoms with Gasteiger partial charge in [-0.15, -0.1) is 0 Å². The van der Waals surface area contributed by atoms with E-state index in [2.05, 4.69) is 0 Å². The number of ether oxygens (including phenoxy) is 4. The van der Waals surface area contributed by atoms with Gasteiger partial charge in [0, 0.05) is 70.2 Å². The van der Waals surface area contributed by atoms with E-state index in [1.165, 1.54) is 0 Å². The fourth-order valence-electron chi connectivity index (χ4n) is 9.44. The largest absolute Gasteiger partial charge is 4.00 e. The molecule has 0 aliphatic carbocycles. The number of aryl methyl sites for hydroxylation is 4. The molecule has 0 unspecified atom stereocenters. The van der Waals surface area contributed by atoms with Crippen molar-refractivity contribution in [1.29, 1.82) is 0 Å². The van der Waals surface area contributed by atoms with Gasteiger partial charge in [0.2, 0.25) is 0 Å². The predicted octanol–water partition coefficient (Wildman–Crippen LogP) is 8.22. The van der Waals surface area contributed by atoms with Gasteiger partial charge >= 0.3 is 21.1 Å². The van der Waals surface area contributed by atoms with Crippen molar-refractivity contribution in [3.05, 3.63) is 235 Å². The van der Waals surface area contributed by atoms with Crippen molar-refractivity contribution in [2.24, 2.45) is 0 Å². The molecule has 8 aromatic carbocycles. The Bertz CT molecular complexity index is 3040. The van der Waals surface area contributed by atoms with Crippen molar-refractivity contribution in [1.82, 2.24) is 0 Å². The van der Waals surface area contributed by atoms with Crippen molar-refractivity contribution >= 4 is 23.9 Å². The third-order valence-corrected chi connectivity index (χ3v) is 13.0. The SMILES string of the molecule is Cc1ccc2c(c1C(=O)[O-])Cc1ccccc1O2.Cc1ccc2c(c1C(=O)[O-])Cc1ccccc1O2.Cc1ccc2c(c1C(=O)[O-])Cc1ccccc1O2.Cc1ccc2c(c1C(=O)[O-])Cc1ccccc1O2.[Mo+4]. The maximum absolute atomic E-state index is 11.2. The van der Waals surface area contributed by atoms with E-state index in [9.17, 15) is 39.6 Å². The smallest absolute Gasteiger partial charge is 0.545 e. The molecule has 0 spiro atoms. The van der Waals surface area contributed by atoms with Gasteiger partial charge in [-0.2, -0.15) is 0 Å². The third kappa shape index (κ3) is 10.5. The van der Waals surface area contributed by atoms with E-state index in [0.717, 1.165) is 45.3 Å². The molecule has 4 aliphatic rings. The maximum atomic E-state index is 11.2. The molecule has 8 aromatic rings. The Hall–Kier alpha value is -8.47. The average molecular weight is 1050 g/mol. The number of rotatable bonds is 4. The summed E-state index contributed by atoms with van der Waals surface area (Å²) in [4.78, 5) is 45.0. The van der Waals surface area contributed by atoms with Crippen LogP contribution in [0.15, 0.2) is 146 Å². The number of hydrogen-bond donors (Lipinski definition) is 0. The van der Waals surface area contributed by atoms with Gasteiger partial charge in [-0.05, 0) is 121 Å². The van der Waals surface area contributed by atoms with Gasteiger partial charge in [0.1, 0.15) is 46.0 Å². The molecule has 362 valence electrons. The number of fused-ring (bicyclic) bond motifs is 8. The number of carbonyl (C=O) groups is 4. The van der Waals surface area contributed by atoms with Crippen LogP contribution in [0.1, 0.15) is 108 Å². The average Bonchev–Trinajstić information content (AvgIpc) is 3.36. The third-order valence-electron chi connectivity index (χ3n) is 13.0. The Morgan fingerprint density at radius 1 is 0.301 bits per heavy atom. The summed E-state index contributed by atoms with van der Waals surface area (Å²) in [6, 6.07) is 44.8. The zero-order valence-electron chi connectivity index (χ0n) is 40.0. The number of aromatic carboxylic acids is 4. The quantitative estimate of drug-likeness (QED) is 0.153. The number of benzene rings is 8. The summed E-state index contributed by atoms with van der Waals surface area (Å²) >= 11 is 0. The molecule has 0 bridgehead atoms. The van der Waals surface area contributed by atoms with Crippen LogP contribution in [0, 0.1) is 27.7 Å². The van der Waals surface area contributed by atoms with E-state index in [-0.39, 0.29) is 43.3 Å². The van der Waals surface area contributed by atoms with E-state index >= 15 is 0 Å². The first-order chi connectivity index (χ1) is 34.7. The first-order valence-corrected chi connectivity index (χ1v) is 23.0. The summed E-state index contributed by atoms with van der Waals surface area (Å²) in [5.74, 6) is 1.01. The first-order valence-electron chi connectivity index (χ1n) is 23.0. The predicted molar refractivity (Wildman–Crippen MR) is 259 cm³/mol. The Balaban J connectivity index is 0.000000129. The van der Waals surface area contributed by atoms with Crippen molar-refractivity contribution in [3.63, 3.8) is 0 Å². The van der Waals surface area contributed by atoms with Crippen molar-refractivity contribution in [2.45, 2.75) is 53.4 Å². The van der Waals surface area contributed by atoms with Crippen LogP contribution in [-0.4, -0.2) is 23.9 Å². The molecule has 12 nitrogen and oxygen atoms in total. The Morgan fingerprint density at radius 2 is 0.493 bits per heavy atom. The number of hydrogen-bond acceptors (Lipinski definition) is 12. The summed E-state index contributed by atoms with van der Waals surface area (Å²) < 4.78 is 22.9. The van der Waals surface area contributed by atoms with Gasteiger partial charge < -0.3 is 58.6 Å². The van der Waals surface area contributed by atoms with E-state index < -0.39 is 23.9 Å². The number of carboxylic acid groups (broad SMARTS) is 4. The minimum Gasteiger partial charge on any atom is -0.545 e. The maximum Gasteiger partial charge on any atom is 4.00 e. The molecule has 0 radical (unpaired) electrons. The Kier molecular flexibility index (Phi) is 15.0. The topological polar surface area (TPSA) is 197 Å². The zero-order chi connectivity index (χ0) is 50.8. The van der Waals surface area contributed by atoms with E-state index in [1.807, 2.05) is 121 Å². The minimum absolute atomic E-state index is 0. The van der Waals surface area contributed by atoms with Crippen LogP contribution in [0.2, 0.25) is 0 Å². The molecule has 0 atom stereocenters. The van der Waals surface area contributed by atoms with Crippen LogP contribution in [0.4, 0.5) is 0 Å². The van der Waals surface area contributed by atoms with Gasteiger partial charge in [-0.1, -0.05) is 97.1 Å². The van der Waals surface area contributed by atoms with Crippen LogP contribution in [-0.2, 0) is 46.7 Å². The van der Waals surface area contributed by atoms with E-state index in [1.54, 1.807) is 52.0 Å². The number of carboxylic acids is 4. The van der Waals surface area contributed by atoms with Crippen LogP contribution in [0.5, 0.6) is 46.0 Å². The van der Waals surface area contributed by atoms with Gasteiger partial charge in [0.25, 0.3) is 0 Å². The number of carbonyl (C=O) groups excluding carboxylic acids is 4. The summed E-state index contributed by atoms with van der Waals surface area (Å²) in [6.45, 7) is 7.08. The molecule has 0 aromatic heterocycles. The summed E-state index contributed by atoms with van der Waals surface area (Å²) in [5, 5.41) is 45.0. The standard InChI is InChI=1S/4C15H12O3.Mo/c4*1-9-6-7-13-11(14(9)15(16)17)8-10-4-2-3-5-12(10)18-13;/h4*2-7H,8H2,1H3,(H,16,17);/q;;;;+4/p-4. The van der Waals surface area contributed by atoms with Crippen molar-refractivity contribution < 1.29 is 79.6 Å². The van der Waals surface area contributed by atoms with E-state index in [0.29, 0.717) is 93.2 Å². The molecule has 13 heteroatoms. The molecular formula is C60H44MoO12. The van der Waals surface area contributed by atoms with Crippen LogP contribution in [0.25, 0.3) is 0 Å². The summed E-state index contributed by atoms with van der Waals surface area (Å²) in [6.07, 6.45) is 2.26. The van der Waals surface area contributed by atoms with Crippen LogP contribution < -0.4 is 39.4 Å². The molecule has 12 rings (SSSR count). The molecule has 4 aliphatic heterocycles. The monoisotopic (exact) mass is 1050 g/mol. The van der Waals surface area contributed by atoms with Gasteiger partial charge in [-0.3, -0.25) is 0 Å². The normalized spacial score (nSPS) is 12.1. The molecule has 0 fully saturated rings. The number of para-hydroxylation sites is 4. The van der Waals surface area contributed by atoms with Crippen molar-refractivity contribution in [3.8, 4) is 46.0 Å². The molecule has 0 saturated heterocycles. The van der Waals surface area contributed by atoms with Gasteiger partial charge in [-0.25, -0.2) is 0 Å². The fraction of sp³-hybridized carbons (Fsp3) is 0.133. The summed E-state index contributed by atoms with van der Waals surface area (Å²) in [7, 11) is 0. The molecule has 0 saturated carbocycles. The second-order valence-corrected chi connectivity index (χ2v) is 17.6. The minimum atomic E-state index is -1.15. The molecule has 4 heterocycles. The van der Waals surface area contributed by atoms with E-state index in [4.69, 9.17) is 18.9 Å². The molecular weight excluding hydrogens is 1010 g/mol. The second-order valence-electron chi connectivity index (χ2n) is 17.6. The Labute approximate surface area is 435 Å². The fourth-order valence-corrected chi connectivity index (χ4v) is 9.44. The van der Waals surface area contributed by atoms with Crippen molar-refractivity contribution in [2.75, 3.05) is 0 Å². The molecule has 0 amide bonds. The summed E-state index contributed by atoms with van der Waals surface area (Å²) in [5.41, 5.74) is 10.6. The Morgan fingerprint density at radius 3 is 0.685 bits per heavy atom. The van der Waals surface area contributed by atoms with Crippen LogP contribution >= 0.6 is 0 Å². The zero-order valence-corrected chi connectivity index (χ0v) is 42.0. The van der Waals surface area contributed by atoms with Gasteiger partial charge in [0.15, 0.2) is 0 Å². The second kappa shape index (κ2) is 21.5. The molecule has 0 N–H and O–H groups in total. The molecule has 73 heavy (non-hydrogen) atoms. The van der Waals surface area contributed by atoms with Crippen LogP contribution in [0.3, 0.4) is 0 Å². The van der Waals surface area contributed by atoms with Gasteiger partial charge in [0.05, 0.1) is 23.9 Å².